The van der Waals surface area contributed by atoms with Crippen molar-refractivity contribution in [3.63, 3.8) is 0 Å². The highest BCUT2D eigenvalue weighted by Crippen LogP contribution is 2.17. The van der Waals surface area contributed by atoms with Gasteiger partial charge in [0.15, 0.2) is 0 Å². The Kier molecular flexibility index (Phi) is 5.15. The maximum atomic E-state index is 12.3. The van der Waals surface area contributed by atoms with Gasteiger partial charge in [-0.3, -0.25) is 24.3 Å². The van der Waals surface area contributed by atoms with Crippen LogP contribution in [0.4, 0.5) is 0 Å². The van der Waals surface area contributed by atoms with E-state index in [9.17, 15) is 4.79 Å². The summed E-state index contributed by atoms with van der Waals surface area (Å²) in [5.41, 5.74) is 2.74. The predicted octanol–water partition coefficient (Wildman–Crippen LogP) is 1.13. The summed E-state index contributed by atoms with van der Waals surface area (Å²) in [4.78, 5) is 26.8. The number of rotatable bonds is 5. The fourth-order valence-electron chi connectivity index (χ4n) is 3.36. The summed E-state index contributed by atoms with van der Waals surface area (Å²) in [6, 6.07) is 6.13. The first kappa shape index (κ1) is 17.3. The third-order valence-corrected chi connectivity index (χ3v) is 4.64. The summed E-state index contributed by atoms with van der Waals surface area (Å²) in [5, 5.41) is 7.42. The van der Waals surface area contributed by atoms with Crippen LogP contribution in [0.15, 0.2) is 55.4 Å². The quantitative estimate of drug-likeness (QED) is 0.731. The zero-order chi connectivity index (χ0) is 18.5. The molecule has 1 atom stereocenters. The molecule has 0 fully saturated rings. The highest BCUT2D eigenvalue weighted by atomic mass is 16.1. The van der Waals surface area contributed by atoms with Crippen LogP contribution in [0.5, 0.6) is 0 Å². The van der Waals surface area contributed by atoms with Crippen LogP contribution in [0.2, 0.25) is 0 Å². The van der Waals surface area contributed by atoms with Gasteiger partial charge in [0.05, 0.1) is 11.9 Å². The summed E-state index contributed by atoms with van der Waals surface area (Å²) >= 11 is 0. The Labute approximate surface area is 157 Å². The normalized spacial score (nSPS) is 17.1. The van der Waals surface area contributed by atoms with Gasteiger partial charge in [-0.25, -0.2) is 4.98 Å². The van der Waals surface area contributed by atoms with Crippen molar-refractivity contribution in [3.05, 3.63) is 72.3 Å². The fourth-order valence-corrected chi connectivity index (χ4v) is 3.36. The highest BCUT2D eigenvalue weighted by molar-refractivity contribution is 5.91. The Hall–Kier alpha value is -3.13. The van der Waals surface area contributed by atoms with Gasteiger partial charge in [0.2, 0.25) is 0 Å². The summed E-state index contributed by atoms with van der Waals surface area (Å²) in [5.74, 6) is 0.0438. The molecule has 8 heteroatoms. The van der Waals surface area contributed by atoms with E-state index in [4.69, 9.17) is 0 Å². The van der Waals surface area contributed by atoms with Crippen molar-refractivity contribution in [1.82, 2.24) is 34.9 Å². The molecule has 0 aliphatic carbocycles. The largest absolute Gasteiger partial charge is 0.350 e. The number of carbonyl (C=O) groups is 1. The van der Waals surface area contributed by atoms with Gasteiger partial charge < -0.3 is 5.32 Å². The van der Waals surface area contributed by atoms with E-state index in [1.165, 1.54) is 23.7 Å². The number of hydrogen-bond donors (Lipinski definition) is 1. The molecule has 1 amide bonds. The Balaban J connectivity index is 1.44. The van der Waals surface area contributed by atoms with Gasteiger partial charge >= 0.3 is 0 Å². The maximum Gasteiger partial charge on any atom is 0.271 e. The summed E-state index contributed by atoms with van der Waals surface area (Å²) < 4.78 is 2.03. The van der Waals surface area contributed by atoms with Crippen molar-refractivity contribution in [2.75, 3.05) is 13.1 Å². The van der Waals surface area contributed by atoms with Gasteiger partial charge in [-0.2, -0.15) is 5.10 Å². The average Bonchev–Trinajstić information content (AvgIpc) is 3.06. The lowest BCUT2D eigenvalue weighted by Gasteiger charge is -2.24. The van der Waals surface area contributed by atoms with Crippen molar-refractivity contribution in [2.45, 2.75) is 19.6 Å². The minimum atomic E-state index is -0.200. The first-order chi connectivity index (χ1) is 13.3. The SMILES string of the molecule is O=C(NCC1CN(Cc2ccncc2)Cc2ccnn2C1)c1cnccn1. The summed E-state index contributed by atoms with van der Waals surface area (Å²) in [7, 11) is 0. The molecule has 0 aromatic carbocycles. The molecular formula is C19H21N7O. The van der Waals surface area contributed by atoms with E-state index in [-0.39, 0.29) is 11.8 Å². The first-order valence-electron chi connectivity index (χ1n) is 8.94. The van der Waals surface area contributed by atoms with E-state index in [1.54, 1.807) is 6.20 Å². The lowest BCUT2D eigenvalue weighted by Crippen LogP contribution is -2.36. The minimum Gasteiger partial charge on any atom is -0.350 e. The molecule has 1 aliphatic rings. The molecule has 3 aromatic heterocycles. The molecule has 1 aliphatic heterocycles. The molecule has 0 radical (unpaired) electrons. The predicted molar refractivity (Wildman–Crippen MR) is 98.4 cm³/mol. The molecule has 4 heterocycles. The van der Waals surface area contributed by atoms with E-state index >= 15 is 0 Å². The van der Waals surface area contributed by atoms with Gasteiger partial charge in [0, 0.05) is 69.6 Å². The van der Waals surface area contributed by atoms with Crippen LogP contribution in [-0.4, -0.2) is 48.6 Å². The monoisotopic (exact) mass is 363 g/mol. The Morgan fingerprint density at radius 2 is 1.96 bits per heavy atom. The molecule has 3 aromatic rings. The second-order valence-electron chi connectivity index (χ2n) is 6.70. The van der Waals surface area contributed by atoms with Crippen LogP contribution in [0, 0.1) is 5.92 Å². The number of hydrogen-bond acceptors (Lipinski definition) is 6. The molecule has 0 saturated heterocycles. The van der Waals surface area contributed by atoms with Crippen LogP contribution < -0.4 is 5.32 Å². The lowest BCUT2D eigenvalue weighted by atomic mass is 10.1. The zero-order valence-electron chi connectivity index (χ0n) is 14.9. The molecule has 4 rings (SSSR count). The number of fused-ring (bicyclic) bond motifs is 1. The second kappa shape index (κ2) is 8.05. The highest BCUT2D eigenvalue weighted by Gasteiger charge is 2.23. The topological polar surface area (TPSA) is 88.8 Å². The molecular weight excluding hydrogens is 342 g/mol. The number of carbonyl (C=O) groups excluding carboxylic acids is 1. The number of nitrogens with zero attached hydrogens (tertiary/aromatic N) is 6. The van der Waals surface area contributed by atoms with Gasteiger partial charge in [0.1, 0.15) is 5.69 Å². The van der Waals surface area contributed by atoms with Gasteiger partial charge in [-0.1, -0.05) is 0 Å². The number of nitrogens with one attached hydrogen (secondary N) is 1. The molecule has 138 valence electrons. The van der Waals surface area contributed by atoms with Crippen molar-refractivity contribution in [1.29, 1.82) is 0 Å². The molecule has 8 nitrogen and oxygen atoms in total. The van der Waals surface area contributed by atoms with Crippen molar-refractivity contribution < 1.29 is 4.79 Å². The maximum absolute atomic E-state index is 12.3. The molecule has 0 saturated carbocycles. The third-order valence-electron chi connectivity index (χ3n) is 4.64. The van der Waals surface area contributed by atoms with E-state index in [0.717, 1.165) is 26.2 Å². The van der Waals surface area contributed by atoms with Gasteiger partial charge in [-0.05, 0) is 23.8 Å². The Morgan fingerprint density at radius 3 is 2.78 bits per heavy atom. The molecule has 1 N–H and O–H groups in total. The fraction of sp³-hybridized carbons (Fsp3) is 0.316. The summed E-state index contributed by atoms with van der Waals surface area (Å²) in [6.07, 6.45) is 10.0. The zero-order valence-corrected chi connectivity index (χ0v) is 14.9. The molecule has 0 bridgehead atoms. The van der Waals surface area contributed by atoms with E-state index < -0.39 is 0 Å². The summed E-state index contributed by atoms with van der Waals surface area (Å²) in [6.45, 7) is 3.86. The molecule has 27 heavy (non-hydrogen) atoms. The van der Waals surface area contributed by atoms with Crippen molar-refractivity contribution >= 4 is 5.91 Å². The average molecular weight is 363 g/mol. The molecule has 0 spiro atoms. The molecule has 1 unspecified atom stereocenters. The van der Waals surface area contributed by atoms with Crippen molar-refractivity contribution in [3.8, 4) is 0 Å². The van der Waals surface area contributed by atoms with Crippen molar-refractivity contribution in [2.24, 2.45) is 5.92 Å². The van der Waals surface area contributed by atoms with Gasteiger partial charge in [0.25, 0.3) is 5.91 Å². The Bertz CT molecular complexity index is 881. The Morgan fingerprint density at radius 1 is 1.07 bits per heavy atom. The number of aromatic nitrogens is 5. The minimum absolute atomic E-state index is 0.200. The van der Waals surface area contributed by atoms with Gasteiger partial charge in [-0.15, -0.1) is 0 Å². The number of pyridine rings is 1. The first-order valence-corrected chi connectivity index (χ1v) is 8.94. The number of amides is 1. The van der Waals surface area contributed by atoms with Crippen LogP contribution >= 0.6 is 0 Å². The second-order valence-corrected chi connectivity index (χ2v) is 6.70. The standard InChI is InChI=1S/C19H21N7O/c27-19(18-10-21-7-8-22-18)23-9-16-12-25(11-15-1-4-20-5-2-15)14-17-3-6-24-26(17)13-16/h1-8,10,16H,9,11-14H2,(H,23,27). The smallest absolute Gasteiger partial charge is 0.271 e. The lowest BCUT2D eigenvalue weighted by molar-refractivity contribution is 0.0935. The van der Waals surface area contributed by atoms with E-state index in [1.807, 2.05) is 35.4 Å². The van der Waals surface area contributed by atoms with Crippen LogP contribution in [-0.2, 0) is 19.6 Å². The van der Waals surface area contributed by atoms with Crippen LogP contribution in [0.25, 0.3) is 0 Å². The van der Waals surface area contributed by atoms with E-state index in [2.05, 4.69) is 36.3 Å². The third kappa shape index (κ3) is 4.35. The van der Waals surface area contributed by atoms with Crippen LogP contribution in [0.3, 0.4) is 0 Å². The van der Waals surface area contributed by atoms with E-state index in [0.29, 0.717) is 12.2 Å². The van der Waals surface area contributed by atoms with Crippen LogP contribution in [0.1, 0.15) is 21.7 Å².